The van der Waals surface area contributed by atoms with Crippen molar-refractivity contribution in [3.63, 3.8) is 0 Å². The van der Waals surface area contributed by atoms with Gasteiger partial charge in [0.2, 0.25) is 0 Å². The first-order valence-electron chi connectivity index (χ1n) is 4.74. The lowest BCUT2D eigenvalue weighted by Gasteiger charge is -2.15. The topological polar surface area (TPSA) is 75.6 Å². The summed E-state index contributed by atoms with van der Waals surface area (Å²) in [6, 6.07) is -0.901. The van der Waals surface area contributed by atoms with Crippen LogP contribution in [0, 0.1) is 5.92 Å². The molecule has 0 aliphatic heterocycles. The molecule has 0 spiro atoms. The summed E-state index contributed by atoms with van der Waals surface area (Å²) in [5, 5.41) is 11.1. The van der Waals surface area contributed by atoms with Crippen molar-refractivity contribution >= 4 is 12.1 Å². The van der Waals surface area contributed by atoms with Gasteiger partial charge in [-0.05, 0) is 12.3 Å². The molecular formula is C10H17NO4. The predicted molar refractivity (Wildman–Crippen MR) is 55.6 cm³/mol. The molecule has 0 radical (unpaired) electrons. The van der Waals surface area contributed by atoms with E-state index in [2.05, 4.69) is 16.6 Å². The number of nitrogens with one attached hydrogen (secondary N) is 1. The first-order chi connectivity index (χ1) is 6.97. The van der Waals surface area contributed by atoms with Crippen molar-refractivity contribution < 1.29 is 19.4 Å². The van der Waals surface area contributed by atoms with E-state index in [1.165, 1.54) is 6.08 Å². The number of rotatable bonds is 6. The maximum atomic E-state index is 11.1. The molecule has 86 valence electrons. The second-order valence-corrected chi connectivity index (χ2v) is 3.55. The zero-order valence-electron chi connectivity index (χ0n) is 9.03. The normalized spacial score (nSPS) is 11.9. The molecule has 5 nitrogen and oxygen atoms in total. The molecule has 15 heavy (non-hydrogen) atoms. The summed E-state index contributed by atoms with van der Waals surface area (Å²) in [6.07, 6.45) is 1.05. The second-order valence-electron chi connectivity index (χ2n) is 3.55. The third-order valence-corrected chi connectivity index (χ3v) is 1.63. The van der Waals surface area contributed by atoms with Gasteiger partial charge in [-0.25, -0.2) is 9.59 Å². The van der Waals surface area contributed by atoms with E-state index in [1.54, 1.807) is 0 Å². The lowest BCUT2D eigenvalue weighted by molar-refractivity contribution is -0.139. The van der Waals surface area contributed by atoms with E-state index < -0.39 is 18.1 Å². The summed E-state index contributed by atoms with van der Waals surface area (Å²) in [7, 11) is 0. The third kappa shape index (κ3) is 6.54. The summed E-state index contributed by atoms with van der Waals surface area (Å²) in [5.74, 6) is -0.870. The molecule has 0 aromatic carbocycles. The number of hydrogen-bond donors (Lipinski definition) is 2. The highest BCUT2D eigenvalue weighted by atomic mass is 16.5. The molecule has 0 unspecified atom stereocenters. The molecule has 0 rings (SSSR count). The van der Waals surface area contributed by atoms with Crippen LogP contribution in [0.1, 0.15) is 20.3 Å². The van der Waals surface area contributed by atoms with Crippen LogP contribution >= 0.6 is 0 Å². The number of aliphatic carboxylic acids is 1. The maximum Gasteiger partial charge on any atom is 0.408 e. The van der Waals surface area contributed by atoms with Crippen molar-refractivity contribution in [2.24, 2.45) is 5.92 Å². The fourth-order valence-electron chi connectivity index (χ4n) is 1.01. The zero-order chi connectivity index (χ0) is 11.8. The molecule has 0 bridgehead atoms. The maximum absolute atomic E-state index is 11.1. The Balaban J connectivity index is 4.10. The van der Waals surface area contributed by atoms with Crippen molar-refractivity contribution in [2.45, 2.75) is 26.3 Å². The fourth-order valence-corrected chi connectivity index (χ4v) is 1.01. The third-order valence-electron chi connectivity index (χ3n) is 1.63. The highest BCUT2D eigenvalue weighted by Crippen LogP contribution is 2.05. The average Bonchev–Trinajstić information content (AvgIpc) is 2.12. The van der Waals surface area contributed by atoms with Crippen LogP contribution in [0.25, 0.3) is 0 Å². The summed E-state index contributed by atoms with van der Waals surface area (Å²) >= 11 is 0. The van der Waals surface area contributed by atoms with Gasteiger partial charge in [0.25, 0.3) is 0 Å². The van der Waals surface area contributed by atoms with Crippen LogP contribution in [0.5, 0.6) is 0 Å². The Bertz CT molecular complexity index is 238. The molecule has 0 saturated carbocycles. The highest BCUT2D eigenvalue weighted by Gasteiger charge is 2.21. The Morgan fingerprint density at radius 2 is 2.13 bits per heavy atom. The Morgan fingerprint density at radius 1 is 1.53 bits per heavy atom. The van der Waals surface area contributed by atoms with Gasteiger partial charge in [0.1, 0.15) is 12.6 Å². The molecule has 0 fully saturated rings. The minimum atomic E-state index is -1.06. The van der Waals surface area contributed by atoms with Crippen LogP contribution in [-0.2, 0) is 9.53 Å². The van der Waals surface area contributed by atoms with Crippen LogP contribution < -0.4 is 5.32 Å². The lowest BCUT2D eigenvalue weighted by atomic mass is 10.0. The van der Waals surface area contributed by atoms with Crippen LogP contribution in [0.3, 0.4) is 0 Å². The van der Waals surface area contributed by atoms with Gasteiger partial charge >= 0.3 is 12.1 Å². The summed E-state index contributed by atoms with van der Waals surface area (Å²) in [4.78, 5) is 21.8. The van der Waals surface area contributed by atoms with E-state index in [0.29, 0.717) is 6.42 Å². The SMILES string of the molecule is C=CCOC(=O)N[C@@H](CC(C)C)C(=O)O. The zero-order valence-corrected chi connectivity index (χ0v) is 9.03. The molecule has 0 aliphatic carbocycles. The molecule has 1 amide bonds. The molecule has 0 heterocycles. The van der Waals surface area contributed by atoms with E-state index in [9.17, 15) is 9.59 Å². The largest absolute Gasteiger partial charge is 0.480 e. The van der Waals surface area contributed by atoms with Gasteiger partial charge in [0, 0.05) is 0 Å². The Kier molecular flexibility index (Phi) is 6.17. The van der Waals surface area contributed by atoms with E-state index in [-0.39, 0.29) is 12.5 Å². The van der Waals surface area contributed by atoms with Gasteiger partial charge in [-0.2, -0.15) is 0 Å². The van der Waals surface area contributed by atoms with Crippen LogP contribution in [0.2, 0.25) is 0 Å². The van der Waals surface area contributed by atoms with E-state index >= 15 is 0 Å². The number of carbonyl (C=O) groups excluding carboxylic acids is 1. The number of alkyl carbamates (subject to hydrolysis) is 1. The highest BCUT2D eigenvalue weighted by molar-refractivity contribution is 5.79. The molecule has 1 atom stereocenters. The number of carboxylic acid groups (broad SMARTS) is 1. The lowest BCUT2D eigenvalue weighted by Crippen LogP contribution is -2.41. The smallest absolute Gasteiger partial charge is 0.408 e. The minimum absolute atomic E-state index is 0.0693. The number of carbonyl (C=O) groups is 2. The van der Waals surface area contributed by atoms with Gasteiger partial charge in [0.15, 0.2) is 0 Å². The standard InChI is InChI=1S/C10H17NO4/c1-4-5-15-10(14)11-8(9(12)13)6-7(2)3/h4,7-8H,1,5-6H2,2-3H3,(H,11,14)(H,12,13)/t8-/m0/s1. The molecule has 0 saturated heterocycles. The molecule has 0 aromatic rings. The molecule has 0 aromatic heterocycles. The van der Waals surface area contributed by atoms with Gasteiger partial charge in [-0.1, -0.05) is 26.5 Å². The van der Waals surface area contributed by atoms with E-state index in [0.717, 1.165) is 0 Å². The fraction of sp³-hybridized carbons (Fsp3) is 0.600. The second kappa shape index (κ2) is 6.86. The Labute approximate surface area is 89.1 Å². The van der Waals surface area contributed by atoms with Crippen LogP contribution in [-0.4, -0.2) is 29.8 Å². The van der Waals surface area contributed by atoms with Crippen molar-refractivity contribution in [3.05, 3.63) is 12.7 Å². The van der Waals surface area contributed by atoms with Crippen LogP contribution in [0.4, 0.5) is 4.79 Å². The quantitative estimate of drug-likeness (QED) is 0.656. The summed E-state index contributed by atoms with van der Waals surface area (Å²) in [5.41, 5.74) is 0. The average molecular weight is 215 g/mol. The minimum Gasteiger partial charge on any atom is -0.480 e. The number of hydrogen-bond acceptors (Lipinski definition) is 3. The molecular weight excluding hydrogens is 198 g/mol. The number of ether oxygens (including phenoxy) is 1. The van der Waals surface area contributed by atoms with E-state index in [4.69, 9.17) is 5.11 Å². The predicted octanol–water partition coefficient (Wildman–Crippen LogP) is 1.40. The monoisotopic (exact) mass is 215 g/mol. The number of carboxylic acids is 1. The van der Waals surface area contributed by atoms with Gasteiger partial charge in [-0.3, -0.25) is 0 Å². The summed E-state index contributed by atoms with van der Waals surface area (Å²) < 4.78 is 4.62. The van der Waals surface area contributed by atoms with Crippen LogP contribution in [0.15, 0.2) is 12.7 Å². The summed E-state index contributed by atoms with van der Waals surface area (Å²) in [6.45, 7) is 7.21. The van der Waals surface area contributed by atoms with E-state index in [1.807, 2.05) is 13.8 Å². The van der Waals surface area contributed by atoms with Crippen molar-refractivity contribution in [2.75, 3.05) is 6.61 Å². The van der Waals surface area contributed by atoms with Crippen molar-refractivity contribution in [1.29, 1.82) is 0 Å². The first kappa shape index (κ1) is 13.5. The van der Waals surface area contributed by atoms with Crippen molar-refractivity contribution in [3.8, 4) is 0 Å². The first-order valence-corrected chi connectivity index (χ1v) is 4.74. The van der Waals surface area contributed by atoms with Gasteiger partial charge in [0.05, 0.1) is 0 Å². The van der Waals surface area contributed by atoms with Gasteiger partial charge < -0.3 is 15.2 Å². The molecule has 2 N–H and O–H groups in total. The molecule has 5 heteroatoms. The Hall–Kier alpha value is -1.52. The number of amides is 1. The van der Waals surface area contributed by atoms with Gasteiger partial charge in [-0.15, -0.1) is 0 Å². The van der Waals surface area contributed by atoms with Crippen molar-refractivity contribution in [1.82, 2.24) is 5.32 Å². The Morgan fingerprint density at radius 3 is 2.53 bits per heavy atom. The molecule has 0 aliphatic rings.